The van der Waals surface area contributed by atoms with E-state index in [0.717, 1.165) is 44.5 Å². The lowest BCUT2D eigenvalue weighted by molar-refractivity contribution is 0.669. The second kappa shape index (κ2) is 13.9. The third-order valence-corrected chi connectivity index (χ3v) is 15.8. The van der Waals surface area contributed by atoms with Gasteiger partial charge in [-0.3, -0.25) is 0 Å². The molecule has 0 fully saturated rings. The van der Waals surface area contributed by atoms with Gasteiger partial charge in [0.2, 0.25) is 0 Å². The zero-order valence-electron chi connectivity index (χ0n) is 36.2. The van der Waals surface area contributed by atoms with Crippen molar-refractivity contribution in [2.24, 2.45) is 0 Å². The molecule has 0 radical (unpaired) electrons. The number of rotatable bonds is 4. The topological polar surface area (TPSA) is 21.3 Å². The molecule has 3 heterocycles. The zero-order chi connectivity index (χ0) is 43.8. The molecule has 1 aliphatic heterocycles. The van der Waals surface area contributed by atoms with Crippen LogP contribution in [0.4, 0.5) is 17.1 Å². The van der Waals surface area contributed by atoms with Crippen LogP contribution in [0, 0.1) is 0 Å². The number of hydrogen-bond donors (Lipinski definition) is 0. The van der Waals surface area contributed by atoms with Crippen LogP contribution < -0.4 is 4.90 Å². The van der Waals surface area contributed by atoms with Crippen LogP contribution in [0.1, 0.15) is 22.3 Å². The van der Waals surface area contributed by atoms with Crippen molar-refractivity contribution in [3.05, 3.63) is 253 Å². The maximum Gasteiger partial charge on any atom is 0.137 e. The van der Waals surface area contributed by atoms with E-state index in [2.05, 4.69) is 234 Å². The van der Waals surface area contributed by atoms with Crippen LogP contribution in [-0.2, 0) is 5.41 Å². The summed E-state index contributed by atoms with van der Waals surface area (Å²) in [6.07, 6.45) is 0. The van der Waals surface area contributed by atoms with Gasteiger partial charge in [-0.2, -0.15) is 0 Å². The molecule has 0 amide bonds. The molecule has 2 aliphatic rings. The number of benzene rings is 11. The Labute approximate surface area is 390 Å². The normalized spacial score (nSPS) is 14.9. The minimum atomic E-state index is -0.582. The molecule has 1 spiro atoms. The van der Waals surface area contributed by atoms with Crippen molar-refractivity contribution in [1.82, 2.24) is 4.57 Å². The minimum Gasteiger partial charge on any atom is -0.456 e. The largest absolute Gasteiger partial charge is 0.456 e. The van der Waals surface area contributed by atoms with Crippen molar-refractivity contribution in [3.8, 4) is 16.8 Å². The summed E-state index contributed by atoms with van der Waals surface area (Å²) in [4.78, 5) is 4.99. The van der Waals surface area contributed by atoms with Crippen LogP contribution >= 0.6 is 11.8 Å². The van der Waals surface area contributed by atoms with Crippen molar-refractivity contribution in [2.75, 3.05) is 4.90 Å². The van der Waals surface area contributed by atoms with Crippen LogP contribution in [0.5, 0.6) is 0 Å². The molecule has 1 aliphatic carbocycles. The number of aromatic nitrogens is 1. The van der Waals surface area contributed by atoms with Crippen LogP contribution in [0.2, 0.25) is 0 Å². The Morgan fingerprint density at radius 3 is 1.93 bits per heavy atom. The van der Waals surface area contributed by atoms with Gasteiger partial charge in [0.05, 0.1) is 22.1 Å². The van der Waals surface area contributed by atoms with Crippen LogP contribution in [0.3, 0.4) is 0 Å². The molecule has 2 aromatic heterocycles. The Kier molecular flexibility index (Phi) is 7.64. The fourth-order valence-corrected chi connectivity index (χ4v) is 13.1. The molecule has 1 atom stereocenters. The van der Waals surface area contributed by atoms with E-state index in [0.29, 0.717) is 0 Å². The summed E-state index contributed by atoms with van der Waals surface area (Å²) in [5, 5.41) is 9.66. The van der Waals surface area contributed by atoms with E-state index >= 15 is 0 Å². The van der Waals surface area contributed by atoms with E-state index in [1.807, 2.05) is 17.8 Å². The number of para-hydroxylation sites is 2. The van der Waals surface area contributed by atoms with Gasteiger partial charge in [-0.05, 0) is 122 Å². The fourth-order valence-electron chi connectivity index (χ4n) is 11.9. The minimum absolute atomic E-state index is 0.582. The van der Waals surface area contributed by atoms with Crippen LogP contribution in [0.15, 0.2) is 245 Å². The Morgan fingerprint density at radius 1 is 0.373 bits per heavy atom. The van der Waals surface area contributed by atoms with E-state index in [9.17, 15) is 0 Å². The quantitative estimate of drug-likeness (QED) is 0.176. The molecule has 312 valence electrons. The second-order valence-corrected chi connectivity index (χ2v) is 19.0. The summed E-state index contributed by atoms with van der Waals surface area (Å²) in [6.45, 7) is 0. The molecule has 67 heavy (non-hydrogen) atoms. The Morgan fingerprint density at radius 2 is 0.985 bits per heavy atom. The predicted octanol–water partition coefficient (Wildman–Crippen LogP) is 17.3. The highest BCUT2D eigenvalue weighted by Crippen LogP contribution is 2.62. The van der Waals surface area contributed by atoms with Gasteiger partial charge in [-0.1, -0.05) is 163 Å². The maximum absolute atomic E-state index is 6.62. The van der Waals surface area contributed by atoms with E-state index < -0.39 is 5.41 Å². The first-order valence-electron chi connectivity index (χ1n) is 23.0. The Balaban J connectivity index is 1.02. The van der Waals surface area contributed by atoms with Gasteiger partial charge in [0.25, 0.3) is 0 Å². The van der Waals surface area contributed by atoms with E-state index in [4.69, 9.17) is 4.42 Å². The van der Waals surface area contributed by atoms with E-state index in [-0.39, 0.29) is 0 Å². The van der Waals surface area contributed by atoms with Crippen LogP contribution in [0.25, 0.3) is 82.1 Å². The molecule has 11 aromatic carbocycles. The fraction of sp³-hybridized carbons (Fsp3) is 0.0159. The number of fused-ring (bicyclic) bond motifs is 15. The van der Waals surface area contributed by atoms with Gasteiger partial charge in [0, 0.05) is 59.9 Å². The summed E-state index contributed by atoms with van der Waals surface area (Å²) in [5.74, 6) is 0. The van der Waals surface area contributed by atoms with Crippen molar-refractivity contribution < 1.29 is 4.42 Å². The van der Waals surface area contributed by atoms with Crippen molar-refractivity contribution in [2.45, 2.75) is 15.2 Å². The average molecular weight is 871 g/mol. The highest BCUT2D eigenvalue weighted by atomic mass is 32.2. The first-order chi connectivity index (χ1) is 33.2. The highest BCUT2D eigenvalue weighted by Gasteiger charge is 2.48. The van der Waals surface area contributed by atoms with Gasteiger partial charge in [-0.25, -0.2) is 0 Å². The highest BCUT2D eigenvalue weighted by molar-refractivity contribution is 7.99. The smallest absolute Gasteiger partial charge is 0.137 e. The molecule has 13 aromatic rings. The van der Waals surface area contributed by atoms with Gasteiger partial charge in [0.15, 0.2) is 0 Å². The van der Waals surface area contributed by atoms with Crippen LogP contribution in [-0.4, -0.2) is 4.57 Å². The van der Waals surface area contributed by atoms with Crippen molar-refractivity contribution in [3.63, 3.8) is 0 Å². The molecule has 1 unspecified atom stereocenters. The Bertz CT molecular complexity index is 4220. The SMILES string of the molecule is c1ccc2c(c1)Sc1ccc(N(c3ccc4c(c3)oc3ccccc34)c3ccc4c(c3)c3ccccc3n4-c3cccc4ccccc34)cc1C21c2ccccc2-c2cccc3cccc1c23. The first kappa shape index (κ1) is 37.0. The zero-order valence-corrected chi connectivity index (χ0v) is 37.0. The number of hydrogen-bond acceptors (Lipinski definition) is 3. The monoisotopic (exact) mass is 870 g/mol. The summed E-state index contributed by atoms with van der Waals surface area (Å²) < 4.78 is 9.06. The molecule has 4 heteroatoms. The average Bonchev–Trinajstić information content (AvgIpc) is 3.92. The second-order valence-electron chi connectivity index (χ2n) is 17.9. The lowest BCUT2D eigenvalue weighted by atomic mass is 9.59. The summed E-state index contributed by atoms with van der Waals surface area (Å²) in [6, 6.07) is 85.3. The standard InChI is InChI=1S/C63H38N2OS/c1-2-18-44-39(14-1)15-13-27-55(44)65-56-26-8-4-20-46(56)50-36-41(31-34-57(50)65)64(43-30-33-48-47-21-5-9-28-58(47)66-59(48)38-43)42-32-35-61-54(37-42)63(52-24-7-10-29-60(52)67-61)51-23-6-3-19-45(51)49-22-11-16-40-17-12-25-53(63)62(40)49/h1-38H. The molecular formula is C63H38N2OS. The molecule has 0 saturated carbocycles. The molecule has 3 nitrogen and oxygen atoms in total. The maximum atomic E-state index is 6.62. The van der Waals surface area contributed by atoms with E-state index in [1.54, 1.807) is 0 Å². The third kappa shape index (κ3) is 5.08. The predicted molar refractivity (Wildman–Crippen MR) is 279 cm³/mol. The summed E-state index contributed by atoms with van der Waals surface area (Å²) in [5.41, 5.74) is 15.7. The van der Waals surface area contributed by atoms with Gasteiger partial charge in [-0.15, -0.1) is 0 Å². The van der Waals surface area contributed by atoms with E-state index in [1.165, 1.54) is 86.7 Å². The van der Waals surface area contributed by atoms with Crippen molar-refractivity contribution >= 4 is 94.1 Å². The first-order valence-corrected chi connectivity index (χ1v) is 23.8. The molecule has 0 N–H and O–H groups in total. The van der Waals surface area contributed by atoms with Crippen molar-refractivity contribution in [1.29, 1.82) is 0 Å². The number of anilines is 3. The number of furan rings is 1. The lowest BCUT2D eigenvalue weighted by Crippen LogP contribution is -2.36. The molecule has 15 rings (SSSR count). The molecule has 0 bridgehead atoms. The molecule has 0 saturated heterocycles. The van der Waals surface area contributed by atoms with Gasteiger partial charge in [0.1, 0.15) is 11.2 Å². The van der Waals surface area contributed by atoms with Gasteiger partial charge >= 0.3 is 0 Å². The molecular weight excluding hydrogens is 833 g/mol. The summed E-state index contributed by atoms with van der Waals surface area (Å²) >= 11 is 1.88. The van der Waals surface area contributed by atoms with Gasteiger partial charge < -0.3 is 13.9 Å². The summed E-state index contributed by atoms with van der Waals surface area (Å²) in [7, 11) is 0. The third-order valence-electron chi connectivity index (χ3n) is 14.6. The lowest BCUT2D eigenvalue weighted by Gasteiger charge is -2.46. The Hall–Kier alpha value is -8.31. The number of nitrogens with zero attached hydrogens (tertiary/aromatic N) is 2.